The Morgan fingerprint density at radius 2 is 1.53 bits per heavy atom. The van der Waals surface area contributed by atoms with Gasteiger partial charge >= 0.3 is 5.97 Å². The molecule has 0 saturated carbocycles. The predicted molar refractivity (Wildman–Crippen MR) is 138 cm³/mol. The number of carbonyl (C=O) groups is 3. The van der Waals surface area contributed by atoms with E-state index in [1.54, 1.807) is 43.5 Å². The third kappa shape index (κ3) is 7.09. The maximum Gasteiger partial charge on any atom is 0.338 e. The van der Waals surface area contributed by atoms with Crippen molar-refractivity contribution in [2.75, 3.05) is 24.4 Å². The second-order valence-corrected chi connectivity index (χ2v) is 8.40. The standard InChI is InChI=1S/C28H30N2O6/c1-17-13-18(2)26(19(3)14-17)30-27(32)20(4)36-28(33)21-9-11-23(12-10-21)35-16-25(31)29-22-7-6-8-24(15-22)34-5/h6-15,20H,16H2,1-5H3,(H,29,31)(H,30,32). The molecule has 0 spiro atoms. The van der Waals surface area contributed by atoms with Crippen LogP contribution in [0.2, 0.25) is 0 Å². The van der Waals surface area contributed by atoms with E-state index < -0.39 is 18.0 Å². The fraction of sp³-hybridized carbons (Fsp3) is 0.250. The van der Waals surface area contributed by atoms with E-state index in [4.69, 9.17) is 14.2 Å². The highest BCUT2D eigenvalue weighted by molar-refractivity contribution is 5.98. The van der Waals surface area contributed by atoms with E-state index in [2.05, 4.69) is 10.6 Å². The molecule has 0 radical (unpaired) electrons. The number of hydrogen-bond acceptors (Lipinski definition) is 6. The lowest BCUT2D eigenvalue weighted by atomic mass is 10.0. The number of rotatable bonds is 9. The minimum Gasteiger partial charge on any atom is -0.497 e. The fourth-order valence-electron chi connectivity index (χ4n) is 3.62. The monoisotopic (exact) mass is 490 g/mol. The molecule has 8 heteroatoms. The Morgan fingerprint density at radius 3 is 2.17 bits per heavy atom. The molecule has 0 aliphatic carbocycles. The van der Waals surface area contributed by atoms with Crippen LogP contribution in [0.3, 0.4) is 0 Å². The average molecular weight is 491 g/mol. The van der Waals surface area contributed by atoms with E-state index in [-0.39, 0.29) is 18.1 Å². The number of amides is 2. The first-order chi connectivity index (χ1) is 17.2. The van der Waals surface area contributed by atoms with E-state index in [0.717, 1.165) is 16.7 Å². The molecular weight excluding hydrogens is 460 g/mol. The number of carbonyl (C=O) groups excluding carboxylic acids is 3. The first-order valence-corrected chi connectivity index (χ1v) is 11.4. The van der Waals surface area contributed by atoms with Crippen molar-refractivity contribution in [1.29, 1.82) is 0 Å². The topological polar surface area (TPSA) is 103 Å². The summed E-state index contributed by atoms with van der Waals surface area (Å²) in [7, 11) is 1.55. The molecular formula is C28H30N2O6. The normalized spacial score (nSPS) is 11.2. The Labute approximate surface area is 210 Å². The van der Waals surface area contributed by atoms with Gasteiger partial charge in [0.25, 0.3) is 11.8 Å². The van der Waals surface area contributed by atoms with Crippen LogP contribution in [0.25, 0.3) is 0 Å². The Bertz CT molecular complexity index is 1230. The molecule has 0 saturated heterocycles. The van der Waals surface area contributed by atoms with Crippen LogP contribution in [0.5, 0.6) is 11.5 Å². The molecule has 0 heterocycles. The molecule has 1 unspecified atom stereocenters. The minimum absolute atomic E-state index is 0.212. The quantitative estimate of drug-likeness (QED) is 0.417. The van der Waals surface area contributed by atoms with Crippen molar-refractivity contribution >= 4 is 29.2 Å². The second-order valence-electron chi connectivity index (χ2n) is 8.40. The first-order valence-electron chi connectivity index (χ1n) is 11.4. The average Bonchev–Trinajstić information content (AvgIpc) is 2.85. The minimum atomic E-state index is -0.992. The number of anilines is 2. The van der Waals surface area contributed by atoms with E-state index in [1.807, 2.05) is 32.9 Å². The SMILES string of the molecule is COc1cccc(NC(=O)COc2ccc(C(=O)OC(C)C(=O)Nc3c(C)cc(C)cc3C)cc2)c1. The van der Waals surface area contributed by atoms with Gasteiger partial charge in [-0.3, -0.25) is 9.59 Å². The second kappa shape index (κ2) is 11.9. The van der Waals surface area contributed by atoms with Crippen molar-refractivity contribution in [2.45, 2.75) is 33.8 Å². The predicted octanol–water partition coefficient (Wildman–Crippen LogP) is 4.82. The molecule has 0 bridgehead atoms. The van der Waals surface area contributed by atoms with Crippen LogP contribution in [0.15, 0.2) is 60.7 Å². The van der Waals surface area contributed by atoms with Crippen LogP contribution in [0.1, 0.15) is 34.0 Å². The maximum absolute atomic E-state index is 12.6. The van der Waals surface area contributed by atoms with Crippen molar-refractivity contribution in [3.63, 3.8) is 0 Å². The van der Waals surface area contributed by atoms with Crippen molar-refractivity contribution in [1.82, 2.24) is 0 Å². The zero-order chi connectivity index (χ0) is 26.2. The summed E-state index contributed by atoms with van der Waals surface area (Å²) in [4.78, 5) is 37.2. The van der Waals surface area contributed by atoms with Gasteiger partial charge < -0.3 is 24.8 Å². The Balaban J connectivity index is 1.50. The number of hydrogen-bond donors (Lipinski definition) is 2. The van der Waals surface area contributed by atoms with Crippen LogP contribution in [-0.4, -0.2) is 37.6 Å². The molecule has 2 N–H and O–H groups in total. The number of aryl methyl sites for hydroxylation is 3. The third-order valence-electron chi connectivity index (χ3n) is 5.39. The Kier molecular flexibility index (Phi) is 8.67. The molecule has 0 aliphatic heterocycles. The molecule has 2 amide bonds. The smallest absolute Gasteiger partial charge is 0.338 e. The molecule has 3 aromatic carbocycles. The van der Waals surface area contributed by atoms with Crippen molar-refractivity contribution < 1.29 is 28.6 Å². The zero-order valence-electron chi connectivity index (χ0n) is 21.0. The fourth-order valence-corrected chi connectivity index (χ4v) is 3.62. The van der Waals surface area contributed by atoms with Crippen LogP contribution in [0.4, 0.5) is 11.4 Å². The number of nitrogens with one attached hydrogen (secondary N) is 2. The van der Waals surface area contributed by atoms with Crippen LogP contribution in [0, 0.1) is 20.8 Å². The van der Waals surface area contributed by atoms with Crippen LogP contribution in [-0.2, 0) is 14.3 Å². The molecule has 8 nitrogen and oxygen atoms in total. The number of methoxy groups -OCH3 is 1. The van der Waals surface area contributed by atoms with Crippen molar-refractivity contribution in [3.05, 3.63) is 82.9 Å². The van der Waals surface area contributed by atoms with Crippen molar-refractivity contribution in [2.24, 2.45) is 0 Å². The Morgan fingerprint density at radius 1 is 0.861 bits per heavy atom. The first kappa shape index (κ1) is 26.3. The van der Waals surface area contributed by atoms with Gasteiger partial charge in [0.15, 0.2) is 12.7 Å². The van der Waals surface area contributed by atoms with Crippen molar-refractivity contribution in [3.8, 4) is 11.5 Å². The molecule has 188 valence electrons. The number of esters is 1. The van der Waals surface area contributed by atoms with Gasteiger partial charge in [-0.2, -0.15) is 0 Å². The highest BCUT2D eigenvalue weighted by Crippen LogP contribution is 2.22. The summed E-state index contributed by atoms with van der Waals surface area (Å²) >= 11 is 0. The van der Waals surface area contributed by atoms with E-state index in [1.165, 1.54) is 19.1 Å². The molecule has 3 aromatic rings. The summed E-state index contributed by atoms with van der Waals surface area (Å²) in [6.07, 6.45) is -0.992. The lowest BCUT2D eigenvalue weighted by Crippen LogP contribution is -2.30. The van der Waals surface area contributed by atoms with Gasteiger partial charge in [0.2, 0.25) is 0 Å². The molecule has 0 fully saturated rings. The van der Waals surface area contributed by atoms with E-state index >= 15 is 0 Å². The van der Waals surface area contributed by atoms with Gasteiger partial charge in [-0.05, 0) is 75.2 Å². The van der Waals surface area contributed by atoms with Gasteiger partial charge in [-0.25, -0.2) is 4.79 Å². The van der Waals surface area contributed by atoms with E-state index in [9.17, 15) is 14.4 Å². The summed E-state index contributed by atoms with van der Waals surface area (Å²) in [6.45, 7) is 7.13. The van der Waals surface area contributed by atoms with Crippen LogP contribution >= 0.6 is 0 Å². The zero-order valence-corrected chi connectivity index (χ0v) is 21.0. The van der Waals surface area contributed by atoms with Gasteiger partial charge in [0.05, 0.1) is 12.7 Å². The molecule has 0 aromatic heterocycles. The molecule has 36 heavy (non-hydrogen) atoms. The highest BCUT2D eigenvalue weighted by atomic mass is 16.5. The largest absolute Gasteiger partial charge is 0.497 e. The molecule has 0 aliphatic rings. The van der Waals surface area contributed by atoms with Gasteiger partial charge in [0.1, 0.15) is 11.5 Å². The third-order valence-corrected chi connectivity index (χ3v) is 5.39. The lowest BCUT2D eigenvalue weighted by molar-refractivity contribution is -0.123. The summed E-state index contributed by atoms with van der Waals surface area (Å²) in [5, 5.41) is 5.56. The van der Waals surface area contributed by atoms with E-state index in [0.29, 0.717) is 22.9 Å². The molecule has 3 rings (SSSR count). The van der Waals surface area contributed by atoms with Gasteiger partial charge in [0, 0.05) is 17.4 Å². The summed E-state index contributed by atoms with van der Waals surface area (Å²) in [6, 6.07) is 17.1. The highest BCUT2D eigenvalue weighted by Gasteiger charge is 2.20. The maximum atomic E-state index is 12.6. The molecule has 1 atom stereocenters. The summed E-state index contributed by atoms with van der Waals surface area (Å²) < 4.78 is 15.9. The number of ether oxygens (including phenoxy) is 3. The van der Waals surface area contributed by atoms with Gasteiger partial charge in [-0.15, -0.1) is 0 Å². The number of benzene rings is 3. The summed E-state index contributed by atoms with van der Waals surface area (Å²) in [5.41, 5.74) is 4.54. The van der Waals surface area contributed by atoms with Gasteiger partial charge in [-0.1, -0.05) is 23.8 Å². The Hall–Kier alpha value is -4.33. The summed E-state index contributed by atoms with van der Waals surface area (Å²) in [5.74, 6) is -0.366. The van der Waals surface area contributed by atoms with Crippen LogP contribution < -0.4 is 20.1 Å². The lowest BCUT2D eigenvalue weighted by Gasteiger charge is -2.17.